The number of benzene rings is 1. The molecular weight excluding hydrogens is 420 g/mol. The molecule has 1 saturated heterocycles. The topological polar surface area (TPSA) is 83.1 Å². The summed E-state index contributed by atoms with van der Waals surface area (Å²) in [4.78, 5) is 30.1. The number of hydrogen-bond donors (Lipinski definition) is 1. The molecule has 0 atom stereocenters. The number of carboxylic acid groups (broad SMARTS) is 1. The highest BCUT2D eigenvalue weighted by molar-refractivity contribution is 9.10. The van der Waals surface area contributed by atoms with E-state index >= 15 is 0 Å². The summed E-state index contributed by atoms with van der Waals surface area (Å²) in [5.74, 6) is -0.704. The highest BCUT2D eigenvalue weighted by Gasteiger charge is 2.32. The SMILES string of the molecule is C=CCN1C(=O)/C(=C\c2ccc(Br)o2)SC1=Nc1cccc(C(=O)O)c1. The Balaban J connectivity index is 1.96. The van der Waals surface area contributed by atoms with Crippen LogP contribution in [-0.2, 0) is 4.79 Å². The van der Waals surface area contributed by atoms with Crippen LogP contribution in [0.1, 0.15) is 16.1 Å². The van der Waals surface area contributed by atoms with E-state index in [1.165, 1.54) is 28.8 Å². The summed E-state index contributed by atoms with van der Waals surface area (Å²) in [6.45, 7) is 3.96. The first kappa shape index (κ1) is 18.2. The van der Waals surface area contributed by atoms with Crippen molar-refractivity contribution in [1.82, 2.24) is 4.90 Å². The van der Waals surface area contributed by atoms with Crippen LogP contribution in [0.2, 0.25) is 0 Å². The summed E-state index contributed by atoms with van der Waals surface area (Å²) in [5.41, 5.74) is 0.587. The number of amides is 1. The van der Waals surface area contributed by atoms with Crippen molar-refractivity contribution in [3.63, 3.8) is 0 Å². The summed E-state index contributed by atoms with van der Waals surface area (Å²) >= 11 is 4.42. The maximum absolute atomic E-state index is 12.6. The van der Waals surface area contributed by atoms with Gasteiger partial charge in [-0.1, -0.05) is 12.1 Å². The van der Waals surface area contributed by atoms with Gasteiger partial charge >= 0.3 is 5.97 Å². The standard InChI is InChI=1S/C18H13BrN2O4S/c1-2-8-21-16(22)14(10-13-6-7-15(19)25-13)26-18(21)20-12-5-3-4-11(9-12)17(23)24/h2-7,9-10H,1,8H2,(H,23,24)/b14-10+,20-18?. The molecule has 3 rings (SSSR count). The van der Waals surface area contributed by atoms with Gasteiger partial charge < -0.3 is 9.52 Å². The zero-order valence-electron chi connectivity index (χ0n) is 13.4. The predicted molar refractivity (Wildman–Crippen MR) is 104 cm³/mol. The molecule has 0 aliphatic carbocycles. The third kappa shape index (κ3) is 3.97. The fraction of sp³-hybridized carbons (Fsp3) is 0.0556. The van der Waals surface area contributed by atoms with Gasteiger partial charge in [0.25, 0.3) is 5.91 Å². The number of carbonyl (C=O) groups excluding carboxylic acids is 1. The fourth-order valence-corrected chi connectivity index (χ4v) is 3.54. The molecule has 2 aromatic rings. The fourth-order valence-electron chi connectivity index (χ4n) is 2.24. The van der Waals surface area contributed by atoms with Crippen molar-refractivity contribution >= 4 is 56.5 Å². The molecule has 0 unspecified atom stereocenters. The van der Waals surface area contributed by atoms with Gasteiger partial charge in [0, 0.05) is 12.6 Å². The Hall–Kier alpha value is -2.58. The zero-order valence-corrected chi connectivity index (χ0v) is 15.8. The highest BCUT2D eigenvalue weighted by atomic mass is 79.9. The van der Waals surface area contributed by atoms with Gasteiger partial charge in [-0.3, -0.25) is 9.69 Å². The Morgan fingerprint density at radius 3 is 2.85 bits per heavy atom. The van der Waals surface area contributed by atoms with Crippen LogP contribution in [0.25, 0.3) is 6.08 Å². The van der Waals surface area contributed by atoms with E-state index in [4.69, 9.17) is 9.52 Å². The Morgan fingerprint density at radius 2 is 2.19 bits per heavy atom. The van der Waals surface area contributed by atoms with Crippen molar-refractivity contribution in [2.45, 2.75) is 0 Å². The largest absolute Gasteiger partial charge is 0.478 e. The van der Waals surface area contributed by atoms with E-state index in [0.29, 0.717) is 32.7 Å². The number of nitrogens with zero attached hydrogens (tertiary/aromatic N) is 2. The summed E-state index contributed by atoms with van der Waals surface area (Å²) in [6.07, 6.45) is 3.25. The lowest BCUT2D eigenvalue weighted by atomic mass is 10.2. The first-order valence-electron chi connectivity index (χ1n) is 7.47. The van der Waals surface area contributed by atoms with Gasteiger partial charge in [-0.2, -0.15) is 0 Å². The quantitative estimate of drug-likeness (QED) is 0.554. The van der Waals surface area contributed by atoms with Crippen molar-refractivity contribution in [3.8, 4) is 0 Å². The second kappa shape index (κ2) is 7.76. The highest BCUT2D eigenvalue weighted by Crippen LogP contribution is 2.34. The molecule has 1 amide bonds. The average molecular weight is 433 g/mol. The van der Waals surface area contributed by atoms with Crippen molar-refractivity contribution < 1.29 is 19.1 Å². The number of aromatic carboxylic acids is 1. The first-order chi connectivity index (χ1) is 12.5. The Kier molecular flexibility index (Phi) is 5.43. The van der Waals surface area contributed by atoms with Gasteiger partial charge in [-0.25, -0.2) is 9.79 Å². The van der Waals surface area contributed by atoms with Gasteiger partial charge in [0.2, 0.25) is 0 Å². The average Bonchev–Trinajstić information content (AvgIpc) is 3.14. The van der Waals surface area contributed by atoms with Gasteiger partial charge in [-0.05, 0) is 58.0 Å². The van der Waals surface area contributed by atoms with Crippen molar-refractivity contribution in [3.05, 3.63) is 70.0 Å². The van der Waals surface area contributed by atoms with E-state index in [-0.39, 0.29) is 11.5 Å². The van der Waals surface area contributed by atoms with Crippen LogP contribution in [0.3, 0.4) is 0 Å². The number of carbonyl (C=O) groups is 2. The second-order valence-electron chi connectivity index (χ2n) is 5.21. The van der Waals surface area contributed by atoms with E-state index in [1.807, 2.05) is 0 Å². The Labute approximate surface area is 162 Å². The molecule has 0 saturated carbocycles. The number of rotatable bonds is 5. The minimum atomic E-state index is -1.03. The van der Waals surface area contributed by atoms with Crippen LogP contribution < -0.4 is 0 Å². The molecule has 1 N–H and O–H groups in total. The molecule has 0 radical (unpaired) electrons. The van der Waals surface area contributed by atoms with E-state index in [9.17, 15) is 9.59 Å². The number of halogens is 1. The Bertz CT molecular complexity index is 948. The van der Waals surface area contributed by atoms with Crippen LogP contribution in [0, 0.1) is 0 Å². The summed E-state index contributed by atoms with van der Waals surface area (Å²) in [5, 5.41) is 9.55. The van der Waals surface area contributed by atoms with Crippen LogP contribution in [0.4, 0.5) is 5.69 Å². The van der Waals surface area contributed by atoms with E-state index in [1.54, 1.807) is 36.4 Å². The van der Waals surface area contributed by atoms with E-state index in [2.05, 4.69) is 27.5 Å². The predicted octanol–water partition coefficient (Wildman–Crippen LogP) is 4.53. The minimum Gasteiger partial charge on any atom is -0.478 e. The third-order valence-corrected chi connectivity index (χ3v) is 4.82. The van der Waals surface area contributed by atoms with E-state index < -0.39 is 5.97 Å². The first-order valence-corrected chi connectivity index (χ1v) is 9.08. The molecular formula is C18H13BrN2O4S. The minimum absolute atomic E-state index is 0.132. The van der Waals surface area contributed by atoms with Gasteiger partial charge in [-0.15, -0.1) is 6.58 Å². The lowest BCUT2D eigenvalue weighted by Gasteiger charge is -2.12. The van der Waals surface area contributed by atoms with Crippen LogP contribution in [0.15, 0.2) is 68.0 Å². The molecule has 0 bridgehead atoms. The zero-order chi connectivity index (χ0) is 18.7. The second-order valence-corrected chi connectivity index (χ2v) is 7.00. The van der Waals surface area contributed by atoms with Crippen molar-refractivity contribution in [2.75, 3.05) is 6.54 Å². The maximum atomic E-state index is 12.6. The molecule has 1 aliphatic heterocycles. The van der Waals surface area contributed by atoms with Crippen molar-refractivity contribution in [2.24, 2.45) is 4.99 Å². The molecule has 6 nitrogen and oxygen atoms in total. The smallest absolute Gasteiger partial charge is 0.335 e. The number of aliphatic imine (C=N–C) groups is 1. The van der Waals surface area contributed by atoms with Gasteiger partial charge in [0.15, 0.2) is 9.84 Å². The number of furan rings is 1. The normalized spacial score (nSPS) is 17.3. The lowest BCUT2D eigenvalue weighted by molar-refractivity contribution is -0.121. The summed E-state index contributed by atoms with van der Waals surface area (Å²) in [6, 6.07) is 9.72. The molecule has 1 aromatic heterocycles. The molecule has 132 valence electrons. The molecule has 1 aromatic carbocycles. The molecule has 1 aliphatic rings. The Morgan fingerprint density at radius 1 is 1.38 bits per heavy atom. The number of hydrogen-bond acceptors (Lipinski definition) is 5. The number of amidine groups is 1. The number of thioether (sulfide) groups is 1. The van der Waals surface area contributed by atoms with E-state index in [0.717, 1.165) is 0 Å². The molecule has 26 heavy (non-hydrogen) atoms. The summed E-state index contributed by atoms with van der Waals surface area (Å²) < 4.78 is 5.99. The molecule has 1 fully saturated rings. The molecule has 8 heteroatoms. The summed E-state index contributed by atoms with van der Waals surface area (Å²) in [7, 11) is 0. The maximum Gasteiger partial charge on any atom is 0.335 e. The molecule has 2 heterocycles. The lowest BCUT2D eigenvalue weighted by Crippen LogP contribution is -2.29. The van der Waals surface area contributed by atoms with Crippen molar-refractivity contribution in [1.29, 1.82) is 0 Å². The van der Waals surface area contributed by atoms with Crippen LogP contribution >= 0.6 is 27.7 Å². The third-order valence-electron chi connectivity index (χ3n) is 3.38. The number of carboxylic acids is 1. The monoisotopic (exact) mass is 432 g/mol. The van der Waals surface area contributed by atoms with Crippen LogP contribution in [-0.4, -0.2) is 33.6 Å². The van der Waals surface area contributed by atoms with Gasteiger partial charge in [0.05, 0.1) is 16.2 Å². The molecule has 0 spiro atoms. The van der Waals surface area contributed by atoms with Gasteiger partial charge in [0.1, 0.15) is 5.76 Å². The van der Waals surface area contributed by atoms with Crippen LogP contribution in [0.5, 0.6) is 0 Å².